The molecule has 2 aromatic carbocycles. The Bertz CT molecular complexity index is 1150. The summed E-state index contributed by atoms with van der Waals surface area (Å²) >= 11 is 0. The number of carbonyl (C=O) groups is 2. The van der Waals surface area contributed by atoms with Crippen LogP contribution in [-0.4, -0.2) is 22.0 Å². The topological polar surface area (TPSA) is 100 Å². The van der Waals surface area contributed by atoms with Crippen molar-refractivity contribution in [1.29, 1.82) is 0 Å². The Morgan fingerprint density at radius 2 is 1.66 bits per heavy atom. The first-order chi connectivity index (χ1) is 14.1. The molecule has 0 aliphatic rings. The number of nitrogens with one attached hydrogen (secondary N) is 3. The number of nitrogens with zero attached hydrogens (tertiary/aromatic N) is 1. The fourth-order valence-electron chi connectivity index (χ4n) is 2.77. The SMILES string of the molecule is O=C(Nc1cccc(NC(=O)c2cn[nH]c2-c2ccc(F)cc2)c1)c1ccco1. The van der Waals surface area contributed by atoms with E-state index in [1.807, 2.05) is 0 Å². The second-order valence-corrected chi connectivity index (χ2v) is 6.13. The van der Waals surface area contributed by atoms with Crippen LogP contribution in [0.4, 0.5) is 15.8 Å². The summed E-state index contributed by atoms with van der Waals surface area (Å²) in [5.74, 6) is -0.978. The van der Waals surface area contributed by atoms with Crippen LogP contribution in [0.1, 0.15) is 20.9 Å². The van der Waals surface area contributed by atoms with Crippen LogP contribution in [0, 0.1) is 5.82 Å². The van der Waals surface area contributed by atoms with Gasteiger partial charge in [-0.05, 0) is 54.6 Å². The molecule has 29 heavy (non-hydrogen) atoms. The smallest absolute Gasteiger partial charge is 0.291 e. The van der Waals surface area contributed by atoms with Crippen LogP contribution in [0.15, 0.2) is 77.5 Å². The molecule has 144 valence electrons. The van der Waals surface area contributed by atoms with Gasteiger partial charge in [-0.3, -0.25) is 14.7 Å². The van der Waals surface area contributed by atoms with Crippen molar-refractivity contribution in [2.45, 2.75) is 0 Å². The van der Waals surface area contributed by atoms with Crippen LogP contribution in [0.5, 0.6) is 0 Å². The zero-order valence-electron chi connectivity index (χ0n) is 15.0. The van der Waals surface area contributed by atoms with Crippen LogP contribution in [0.2, 0.25) is 0 Å². The number of hydrogen-bond donors (Lipinski definition) is 3. The predicted octanol–water partition coefficient (Wildman–Crippen LogP) is 4.31. The normalized spacial score (nSPS) is 10.5. The van der Waals surface area contributed by atoms with Crippen LogP contribution in [0.25, 0.3) is 11.3 Å². The average Bonchev–Trinajstić information content (AvgIpc) is 3.41. The Morgan fingerprint density at radius 3 is 2.34 bits per heavy atom. The van der Waals surface area contributed by atoms with Crippen LogP contribution < -0.4 is 10.6 Å². The van der Waals surface area contributed by atoms with Crippen molar-refractivity contribution in [3.05, 3.63) is 90.3 Å². The first-order valence-corrected chi connectivity index (χ1v) is 8.66. The molecule has 0 spiro atoms. The van der Waals surface area contributed by atoms with E-state index in [2.05, 4.69) is 20.8 Å². The lowest BCUT2D eigenvalue weighted by molar-refractivity contribution is 0.0995. The Kier molecular flexibility index (Phi) is 4.90. The summed E-state index contributed by atoms with van der Waals surface area (Å²) in [6.45, 7) is 0. The number of aromatic amines is 1. The zero-order valence-corrected chi connectivity index (χ0v) is 15.0. The maximum atomic E-state index is 13.2. The second-order valence-electron chi connectivity index (χ2n) is 6.13. The number of furan rings is 1. The number of carbonyl (C=O) groups excluding carboxylic acids is 2. The minimum atomic E-state index is -0.396. The minimum absolute atomic E-state index is 0.182. The number of anilines is 2. The predicted molar refractivity (Wildman–Crippen MR) is 105 cm³/mol. The largest absolute Gasteiger partial charge is 0.459 e. The monoisotopic (exact) mass is 390 g/mol. The molecule has 0 atom stereocenters. The van der Waals surface area contributed by atoms with E-state index in [1.165, 1.54) is 24.6 Å². The summed E-state index contributed by atoms with van der Waals surface area (Å²) in [7, 11) is 0. The molecule has 0 saturated heterocycles. The fourth-order valence-corrected chi connectivity index (χ4v) is 2.77. The molecule has 0 fully saturated rings. The Morgan fingerprint density at radius 1 is 0.931 bits per heavy atom. The molecule has 4 aromatic rings. The summed E-state index contributed by atoms with van der Waals surface area (Å²) in [6, 6.07) is 15.6. The summed E-state index contributed by atoms with van der Waals surface area (Å²) in [6.07, 6.45) is 2.81. The molecule has 0 bridgehead atoms. The minimum Gasteiger partial charge on any atom is -0.459 e. The fraction of sp³-hybridized carbons (Fsp3) is 0. The van der Waals surface area contributed by atoms with Crippen LogP contribution >= 0.6 is 0 Å². The third-order valence-corrected chi connectivity index (χ3v) is 4.14. The van der Waals surface area contributed by atoms with Gasteiger partial charge in [0.15, 0.2) is 5.76 Å². The van der Waals surface area contributed by atoms with Gasteiger partial charge in [0.2, 0.25) is 0 Å². The van der Waals surface area contributed by atoms with Gasteiger partial charge in [0.25, 0.3) is 11.8 Å². The number of benzene rings is 2. The molecule has 2 heterocycles. The van der Waals surface area contributed by atoms with Gasteiger partial charge in [-0.15, -0.1) is 0 Å². The molecule has 0 unspecified atom stereocenters. The highest BCUT2D eigenvalue weighted by atomic mass is 19.1. The van der Waals surface area contributed by atoms with Crippen molar-refractivity contribution in [1.82, 2.24) is 10.2 Å². The van der Waals surface area contributed by atoms with E-state index in [4.69, 9.17) is 4.42 Å². The Balaban J connectivity index is 1.50. The van der Waals surface area contributed by atoms with Gasteiger partial charge in [0.05, 0.1) is 23.7 Å². The third kappa shape index (κ3) is 4.06. The molecular weight excluding hydrogens is 375 g/mol. The third-order valence-electron chi connectivity index (χ3n) is 4.14. The van der Waals surface area contributed by atoms with E-state index in [-0.39, 0.29) is 11.6 Å². The van der Waals surface area contributed by atoms with Crippen LogP contribution in [0.3, 0.4) is 0 Å². The van der Waals surface area contributed by atoms with Gasteiger partial charge in [-0.1, -0.05) is 6.07 Å². The van der Waals surface area contributed by atoms with Gasteiger partial charge in [0, 0.05) is 16.9 Å². The molecule has 0 radical (unpaired) electrons. The van der Waals surface area contributed by atoms with E-state index >= 15 is 0 Å². The number of H-pyrrole nitrogens is 1. The summed E-state index contributed by atoms with van der Waals surface area (Å²) in [5.41, 5.74) is 2.40. The molecule has 2 aromatic heterocycles. The van der Waals surface area contributed by atoms with Crippen molar-refractivity contribution in [2.75, 3.05) is 10.6 Å². The first-order valence-electron chi connectivity index (χ1n) is 8.66. The van der Waals surface area contributed by atoms with E-state index < -0.39 is 11.8 Å². The maximum absolute atomic E-state index is 13.2. The molecule has 7 nitrogen and oxygen atoms in total. The molecule has 0 aliphatic carbocycles. The molecule has 8 heteroatoms. The summed E-state index contributed by atoms with van der Waals surface area (Å²) in [4.78, 5) is 24.8. The first kappa shape index (κ1) is 18.2. The molecular formula is C21H15FN4O3. The number of hydrogen-bond acceptors (Lipinski definition) is 4. The molecule has 0 saturated carbocycles. The number of amides is 2. The van der Waals surface area contributed by atoms with Gasteiger partial charge < -0.3 is 15.1 Å². The van der Waals surface area contributed by atoms with E-state index in [1.54, 1.807) is 48.5 Å². The van der Waals surface area contributed by atoms with Crippen molar-refractivity contribution < 1.29 is 18.4 Å². The van der Waals surface area contributed by atoms with Gasteiger partial charge in [0.1, 0.15) is 5.82 Å². The van der Waals surface area contributed by atoms with Crippen LogP contribution in [-0.2, 0) is 0 Å². The van der Waals surface area contributed by atoms with Crippen molar-refractivity contribution in [3.8, 4) is 11.3 Å². The highest BCUT2D eigenvalue weighted by Crippen LogP contribution is 2.23. The standard InChI is InChI=1S/C21H15FN4O3/c22-14-8-6-13(7-9-14)19-17(12-23-26-19)20(27)24-15-3-1-4-16(11-15)25-21(28)18-5-2-10-29-18/h1-12H,(H,23,26)(H,24,27)(H,25,28). The lowest BCUT2D eigenvalue weighted by Gasteiger charge is -2.09. The lowest BCUT2D eigenvalue weighted by Crippen LogP contribution is -2.14. The quantitative estimate of drug-likeness (QED) is 0.473. The van der Waals surface area contributed by atoms with Gasteiger partial charge in [-0.2, -0.15) is 5.10 Å². The van der Waals surface area contributed by atoms with Crippen molar-refractivity contribution in [3.63, 3.8) is 0 Å². The maximum Gasteiger partial charge on any atom is 0.291 e. The Labute approximate surface area is 164 Å². The van der Waals surface area contributed by atoms with Gasteiger partial charge in [-0.25, -0.2) is 4.39 Å². The highest BCUT2D eigenvalue weighted by Gasteiger charge is 2.16. The molecule has 0 aliphatic heterocycles. The molecule has 3 N–H and O–H groups in total. The lowest BCUT2D eigenvalue weighted by atomic mass is 10.1. The Hall–Kier alpha value is -4.20. The number of halogens is 1. The van der Waals surface area contributed by atoms with E-state index in [0.29, 0.717) is 28.2 Å². The molecule has 4 rings (SSSR count). The zero-order chi connectivity index (χ0) is 20.2. The average molecular weight is 390 g/mol. The second kappa shape index (κ2) is 7.81. The highest BCUT2D eigenvalue weighted by molar-refractivity contribution is 6.08. The molecule has 2 amide bonds. The summed E-state index contributed by atoms with van der Waals surface area (Å²) < 4.78 is 18.2. The number of rotatable bonds is 5. The van der Waals surface area contributed by atoms with E-state index in [9.17, 15) is 14.0 Å². The van der Waals surface area contributed by atoms with Crippen molar-refractivity contribution >= 4 is 23.2 Å². The van der Waals surface area contributed by atoms with Crippen molar-refractivity contribution in [2.24, 2.45) is 0 Å². The number of aromatic nitrogens is 2. The van der Waals surface area contributed by atoms with Gasteiger partial charge >= 0.3 is 0 Å². The van der Waals surface area contributed by atoms with E-state index in [0.717, 1.165) is 0 Å². The summed E-state index contributed by atoms with van der Waals surface area (Å²) in [5, 5.41) is 12.1.